The number of hydrogen-bond acceptors (Lipinski definition) is 7. The smallest absolute Gasteiger partial charge is 0.335 e. The molecule has 0 amide bonds. The van der Waals surface area contributed by atoms with E-state index in [1.807, 2.05) is 0 Å². The number of rotatable bonds is 8. The highest BCUT2D eigenvalue weighted by Gasteiger charge is 2.32. The molecule has 3 aliphatic heterocycles. The number of nitrogens with one attached hydrogen (secondary N) is 1. The fraction of sp³-hybridized carbons (Fsp3) is 0.692. The molecule has 7 nitrogen and oxygen atoms in total. The van der Waals surface area contributed by atoms with Gasteiger partial charge in [-0.25, -0.2) is 14.8 Å². The van der Waals surface area contributed by atoms with Gasteiger partial charge in [0.25, 0.3) is 0 Å². The number of hydroxylamine groups is 2. The average Bonchev–Trinajstić information content (AvgIpc) is 2.84. The number of Topliss-reactive ketones (excluding diaryl/α,β-unsaturated/α-hetero) is 1. The third-order valence-corrected chi connectivity index (χ3v) is 7.60. The Bertz CT molecular complexity index is 752. The van der Waals surface area contributed by atoms with Crippen LogP contribution < -0.4 is 5.32 Å². The molecule has 1 atom stereocenters. The minimum Gasteiger partial charge on any atom is -0.367 e. The molecule has 0 aromatic heterocycles. The molecule has 0 saturated carbocycles. The highest BCUT2D eigenvalue weighted by Crippen LogP contribution is 2.25. The van der Waals surface area contributed by atoms with Crippen molar-refractivity contribution in [1.29, 1.82) is 0 Å². The fourth-order valence-electron chi connectivity index (χ4n) is 5.48. The zero-order valence-corrected chi connectivity index (χ0v) is 20.1. The Kier molecular flexibility index (Phi) is 8.89. The van der Waals surface area contributed by atoms with Crippen molar-refractivity contribution in [3.05, 3.63) is 35.9 Å². The largest absolute Gasteiger partial charge is 0.367 e. The van der Waals surface area contributed by atoms with E-state index in [2.05, 4.69) is 45.7 Å². The van der Waals surface area contributed by atoms with Crippen molar-refractivity contribution in [1.82, 2.24) is 20.4 Å². The van der Waals surface area contributed by atoms with Crippen LogP contribution in [0.2, 0.25) is 0 Å². The lowest BCUT2D eigenvalue weighted by Gasteiger charge is -2.43. The second kappa shape index (κ2) is 12.1. The number of carbonyl (C=O) groups excluding carboxylic acids is 2. The summed E-state index contributed by atoms with van der Waals surface area (Å²) in [5.74, 6) is 0.116. The second-order valence-corrected chi connectivity index (χ2v) is 9.97. The molecule has 33 heavy (non-hydrogen) atoms. The summed E-state index contributed by atoms with van der Waals surface area (Å²) in [5.41, 5.74) is 1.44. The Labute approximate surface area is 198 Å². The predicted molar refractivity (Wildman–Crippen MR) is 128 cm³/mol. The van der Waals surface area contributed by atoms with Gasteiger partial charge < -0.3 is 10.2 Å². The highest BCUT2D eigenvalue weighted by molar-refractivity contribution is 5.97. The van der Waals surface area contributed by atoms with Crippen LogP contribution in [0.4, 0.5) is 0 Å². The van der Waals surface area contributed by atoms with Crippen molar-refractivity contribution in [3.8, 4) is 0 Å². The van der Waals surface area contributed by atoms with E-state index >= 15 is 0 Å². The Morgan fingerprint density at radius 2 is 1.55 bits per heavy atom. The van der Waals surface area contributed by atoms with E-state index in [1.54, 1.807) is 5.06 Å². The summed E-state index contributed by atoms with van der Waals surface area (Å²) >= 11 is 0. The van der Waals surface area contributed by atoms with Crippen LogP contribution in [0.1, 0.15) is 44.6 Å². The third-order valence-electron chi connectivity index (χ3n) is 7.60. The molecule has 182 valence electrons. The molecule has 1 N–H and O–H groups in total. The van der Waals surface area contributed by atoms with Crippen molar-refractivity contribution >= 4 is 11.8 Å². The molecule has 3 saturated heterocycles. The van der Waals surface area contributed by atoms with Crippen molar-refractivity contribution in [2.75, 3.05) is 52.4 Å². The number of hydrogen-bond donors (Lipinski definition) is 1. The van der Waals surface area contributed by atoms with Gasteiger partial charge in [0.2, 0.25) is 0 Å². The van der Waals surface area contributed by atoms with Crippen LogP contribution in [0.5, 0.6) is 0 Å². The molecule has 0 aliphatic carbocycles. The van der Waals surface area contributed by atoms with Gasteiger partial charge in [-0.2, -0.15) is 0 Å². The standard InChI is InChI=1S/C26H40N4O3/c1-21(31)25(20-23-7-11-27-12-8-23)26(32)33-30-17-15-29(16-18-30)28-13-9-24(10-14-28)19-22-5-3-2-4-6-22/h2-6,23-25,27H,7-20H2,1H3. The van der Waals surface area contributed by atoms with Crippen LogP contribution in [0, 0.1) is 17.8 Å². The quantitative estimate of drug-likeness (QED) is 0.603. The number of carbonyl (C=O) groups is 2. The Hall–Kier alpha value is -1.80. The molecule has 1 aromatic rings. The molecule has 7 heteroatoms. The first-order valence-electron chi connectivity index (χ1n) is 12.8. The molecule has 0 spiro atoms. The van der Waals surface area contributed by atoms with Crippen LogP contribution in [0.25, 0.3) is 0 Å². The summed E-state index contributed by atoms with van der Waals surface area (Å²) in [6, 6.07) is 10.8. The lowest BCUT2D eigenvalue weighted by Crippen LogP contribution is -2.56. The number of piperazine rings is 1. The summed E-state index contributed by atoms with van der Waals surface area (Å²) < 4.78 is 0. The lowest BCUT2D eigenvalue weighted by molar-refractivity contribution is -0.212. The molecule has 3 aliphatic rings. The SMILES string of the molecule is CC(=O)C(CC1CCNCC1)C(=O)ON1CCN(N2CCC(Cc3ccccc3)CC2)CC1. The molecule has 0 radical (unpaired) electrons. The van der Waals surface area contributed by atoms with Gasteiger partial charge in [-0.05, 0) is 75.9 Å². The van der Waals surface area contributed by atoms with Gasteiger partial charge in [-0.1, -0.05) is 30.3 Å². The van der Waals surface area contributed by atoms with Gasteiger partial charge in [0, 0.05) is 39.3 Å². The van der Waals surface area contributed by atoms with Crippen LogP contribution in [-0.4, -0.2) is 79.2 Å². The predicted octanol–water partition coefficient (Wildman–Crippen LogP) is 2.53. The number of hydrazine groups is 1. The van der Waals surface area contributed by atoms with Gasteiger partial charge in [0.15, 0.2) is 0 Å². The van der Waals surface area contributed by atoms with Gasteiger partial charge >= 0.3 is 5.97 Å². The molecule has 1 aromatic carbocycles. The maximum Gasteiger partial charge on any atom is 0.335 e. The monoisotopic (exact) mass is 456 g/mol. The molecule has 4 rings (SSSR count). The Morgan fingerprint density at radius 3 is 2.18 bits per heavy atom. The summed E-state index contributed by atoms with van der Waals surface area (Å²) in [7, 11) is 0. The lowest BCUT2D eigenvalue weighted by atomic mass is 9.86. The zero-order chi connectivity index (χ0) is 23.0. The summed E-state index contributed by atoms with van der Waals surface area (Å²) in [5, 5.41) is 10.0. The van der Waals surface area contributed by atoms with E-state index in [1.165, 1.54) is 31.7 Å². The summed E-state index contributed by atoms with van der Waals surface area (Å²) in [4.78, 5) is 30.6. The highest BCUT2D eigenvalue weighted by atomic mass is 16.7. The van der Waals surface area contributed by atoms with Crippen LogP contribution in [-0.2, 0) is 20.8 Å². The van der Waals surface area contributed by atoms with Gasteiger partial charge in [-0.3, -0.25) is 4.79 Å². The molecular formula is C26H40N4O3. The Balaban J connectivity index is 1.18. The minimum absolute atomic E-state index is 0.0736. The molecule has 1 unspecified atom stereocenters. The van der Waals surface area contributed by atoms with Gasteiger partial charge in [-0.15, -0.1) is 5.06 Å². The number of piperidine rings is 2. The molecule has 3 fully saturated rings. The van der Waals surface area contributed by atoms with Crippen LogP contribution >= 0.6 is 0 Å². The van der Waals surface area contributed by atoms with Crippen molar-refractivity contribution < 1.29 is 14.4 Å². The Morgan fingerprint density at radius 1 is 0.909 bits per heavy atom. The minimum atomic E-state index is -0.630. The molecular weight excluding hydrogens is 416 g/mol. The fourth-order valence-corrected chi connectivity index (χ4v) is 5.48. The number of ketones is 1. The average molecular weight is 457 g/mol. The first-order chi connectivity index (χ1) is 16.1. The van der Waals surface area contributed by atoms with Gasteiger partial charge in [0.05, 0.1) is 0 Å². The number of nitrogens with zero attached hydrogens (tertiary/aromatic N) is 3. The zero-order valence-electron chi connectivity index (χ0n) is 20.1. The van der Waals surface area contributed by atoms with E-state index in [4.69, 9.17) is 4.84 Å². The first kappa shape index (κ1) is 24.3. The van der Waals surface area contributed by atoms with Gasteiger partial charge in [0.1, 0.15) is 11.7 Å². The summed E-state index contributed by atoms with van der Waals surface area (Å²) in [6.45, 7) is 8.74. The van der Waals surface area contributed by atoms with Crippen LogP contribution in [0.15, 0.2) is 30.3 Å². The normalized spacial score (nSPS) is 23.3. The second-order valence-electron chi connectivity index (χ2n) is 9.97. The van der Waals surface area contributed by atoms with Crippen molar-refractivity contribution in [2.45, 2.75) is 45.4 Å². The van der Waals surface area contributed by atoms with Crippen LogP contribution in [0.3, 0.4) is 0 Å². The topological polar surface area (TPSA) is 65.1 Å². The maximum atomic E-state index is 12.8. The summed E-state index contributed by atoms with van der Waals surface area (Å²) in [6.07, 6.45) is 6.29. The first-order valence-corrected chi connectivity index (χ1v) is 12.8. The maximum absolute atomic E-state index is 12.8. The van der Waals surface area contributed by atoms with E-state index in [-0.39, 0.29) is 11.8 Å². The van der Waals surface area contributed by atoms with E-state index in [9.17, 15) is 9.59 Å². The molecule has 3 heterocycles. The molecule has 0 bridgehead atoms. The van der Waals surface area contributed by atoms with E-state index in [0.717, 1.165) is 58.0 Å². The van der Waals surface area contributed by atoms with Crippen molar-refractivity contribution in [2.24, 2.45) is 17.8 Å². The van der Waals surface area contributed by atoms with E-state index < -0.39 is 5.92 Å². The number of benzene rings is 1. The third kappa shape index (κ3) is 7.09. The van der Waals surface area contributed by atoms with Crippen molar-refractivity contribution in [3.63, 3.8) is 0 Å². The van der Waals surface area contributed by atoms with E-state index in [0.29, 0.717) is 25.4 Å².